The summed E-state index contributed by atoms with van der Waals surface area (Å²) in [5.74, 6) is 0. The minimum absolute atomic E-state index is 0.491. The molecule has 2 nitrogen and oxygen atoms in total. The SMILES string of the molecule is C=CCN(C=O)C1CCCC1. The maximum atomic E-state index is 10.6. The average Bonchev–Trinajstić information content (AvgIpc) is 2.52. The lowest BCUT2D eigenvalue weighted by Gasteiger charge is -2.22. The molecule has 0 bridgehead atoms. The predicted octanol–water partition coefficient (Wildman–Crippen LogP) is 1.57. The summed E-state index contributed by atoms with van der Waals surface area (Å²) in [5.41, 5.74) is 0. The van der Waals surface area contributed by atoms with Gasteiger partial charge in [-0.2, -0.15) is 0 Å². The van der Waals surface area contributed by atoms with Crippen molar-refractivity contribution >= 4 is 6.41 Å². The zero-order valence-corrected chi connectivity index (χ0v) is 6.83. The summed E-state index contributed by atoms with van der Waals surface area (Å²) in [5, 5.41) is 0. The second kappa shape index (κ2) is 4.16. The first-order valence-corrected chi connectivity index (χ1v) is 4.20. The van der Waals surface area contributed by atoms with E-state index in [1.807, 2.05) is 4.90 Å². The smallest absolute Gasteiger partial charge is 0.210 e. The zero-order valence-electron chi connectivity index (χ0n) is 6.83. The van der Waals surface area contributed by atoms with Crippen molar-refractivity contribution in [3.8, 4) is 0 Å². The number of hydrogen-bond acceptors (Lipinski definition) is 1. The van der Waals surface area contributed by atoms with Crippen LogP contribution < -0.4 is 0 Å². The van der Waals surface area contributed by atoms with Crippen molar-refractivity contribution in [2.24, 2.45) is 0 Å². The van der Waals surface area contributed by atoms with Gasteiger partial charge in [0.05, 0.1) is 0 Å². The van der Waals surface area contributed by atoms with E-state index in [0.29, 0.717) is 12.6 Å². The van der Waals surface area contributed by atoms with Crippen LogP contribution in [0.2, 0.25) is 0 Å². The molecule has 0 unspecified atom stereocenters. The van der Waals surface area contributed by atoms with Gasteiger partial charge in [-0.05, 0) is 12.8 Å². The van der Waals surface area contributed by atoms with Gasteiger partial charge in [-0.25, -0.2) is 0 Å². The third-order valence-electron chi connectivity index (χ3n) is 2.27. The number of amides is 1. The Balaban J connectivity index is 2.39. The van der Waals surface area contributed by atoms with Crippen LogP contribution in [0.1, 0.15) is 25.7 Å². The summed E-state index contributed by atoms with van der Waals surface area (Å²) in [6.45, 7) is 4.32. The number of carbonyl (C=O) groups excluding carboxylic acids is 1. The highest BCUT2D eigenvalue weighted by atomic mass is 16.1. The molecule has 0 aromatic heterocycles. The highest BCUT2D eigenvalue weighted by molar-refractivity contribution is 5.48. The Bertz CT molecular complexity index is 138. The van der Waals surface area contributed by atoms with E-state index >= 15 is 0 Å². The van der Waals surface area contributed by atoms with Crippen molar-refractivity contribution < 1.29 is 4.79 Å². The van der Waals surface area contributed by atoms with E-state index in [1.165, 1.54) is 25.7 Å². The zero-order chi connectivity index (χ0) is 8.10. The maximum absolute atomic E-state index is 10.6. The fraction of sp³-hybridized carbons (Fsp3) is 0.667. The molecule has 1 amide bonds. The highest BCUT2D eigenvalue weighted by Gasteiger charge is 2.19. The van der Waals surface area contributed by atoms with Crippen LogP contribution in [0.5, 0.6) is 0 Å². The Kier molecular flexibility index (Phi) is 3.14. The lowest BCUT2D eigenvalue weighted by molar-refractivity contribution is -0.119. The molecule has 0 atom stereocenters. The molecule has 2 heteroatoms. The lowest BCUT2D eigenvalue weighted by Crippen LogP contribution is -2.31. The molecule has 0 aromatic rings. The summed E-state index contributed by atoms with van der Waals surface area (Å²) in [6, 6.07) is 0.491. The molecule has 1 aliphatic rings. The summed E-state index contributed by atoms with van der Waals surface area (Å²) in [6.07, 6.45) is 7.61. The molecule has 0 saturated heterocycles. The van der Waals surface area contributed by atoms with Crippen LogP contribution in [-0.2, 0) is 4.79 Å². The van der Waals surface area contributed by atoms with Gasteiger partial charge in [-0.1, -0.05) is 18.9 Å². The van der Waals surface area contributed by atoms with Gasteiger partial charge in [0.15, 0.2) is 0 Å². The number of hydrogen-bond donors (Lipinski definition) is 0. The van der Waals surface area contributed by atoms with Gasteiger partial charge in [0.2, 0.25) is 6.41 Å². The number of nitrogens with zero attached hydrogens (tertiary/aromatic N) is 1. The van der Waals surface area contributed by atoms with Crippen molar-refractivity contribution in [3.63, 3.8) is 0 Å². The molecule has 0 heterocycles. The molecule has 1 saturated carbocycles. The highest BCUT2D eigenvalue weighted by Crippen LogP contribution is 2.22. The Morgan fingerprint density at radius 2 is 2.09 bits per heavy atom. The third kappa shape index (κ3) is 2.07. The van der Waals surface area contributed by atoms with Crippen molar-refractivity contribution in [3.05, 3.63) is 12.7 Å². The van der Waals surface area contributed by atoms with E-state index < -0.39 is 0 Å². The predicted molar refractivity (Wildman–Crippen MR) is 45.2 cm³/mol. The fourth-order valence-electron chi connectivity index (χ4n) is 1.66. The normalized spacial score (nSPS) is 18.2. The third-order valence-corrected chi connectivity index (χ3v) is 2.27. The lowest BCUT2D eigenvalue weighted by atomic mass is 10.2. The van der Waals surface area contributed by atoms with Crippen molar-refractivity contribution in [1.29, 1.82) is 0 Å². The van der Waals surface area contributed by atoms with Crippen LogP contribution in [0, 0.1) is 0 Å². The van der Waals surface area contributed by atoms with Crippen LogP contribution in [0.4, 0.5) is 0 Å². The monoisotopic (exact) mass is 153 g/mol. The second-order valence-electron chi connectivity index (χ2n) is 3.03. The molecular weight excluding hydrogens is 138 g/mol. The van der Waals surface area contributed by atoms with Crippen molar-refractivity contribution in [2.45, 2.75) is 31.7 Å². The van der Waals surface area contributed by atoms with Crippen LogP contribution in [0.3, 0.4) is 0 Å². The molecular formula is C9H15NO. The van der Waals surface area contributed by atoms with Crippen molar-refractivity contribution in [1.82, 2.24) is 4.90 Å². The Morgan fingerprint density at radius 1 is 1.45 bits per heavy atom. The van der Waals surface area contributed by atoms with Crippen LogP contribution in [0.15, 0.2) is 12.7 Å². The first-order chi connectivity index (χ1) is 5.38. The van der Waals surface area contributed by atoms with E-state index in [4.69, 9.17) is 0 Å². The van der Waals surface area contributed by atoms with Gasteiger partial charge in [0.25, 0.3) is 0 Å². The average molecular weight is 153 g/mol. The molecule has 1 fully saturated rings. The van der Waals surface area contributed by atoms with E-state index in [1.54, 1.807) is 6.08 Å². The van der Waals surface area contributed by atoms with Gasteiger partial charge in [0.1, 0.15) is 0 Å². The van der Waals surface area contributed by atoms with Crippen molar-refractivity contribution in [2.75, 3.05) is 6.54 Å². The van der Waals surface area contributed by atoms with Gasteiger partial charge >= 0.3 is 0 Å². The molecule has 1 rings (SSSR count). The molecule has 0 N–H and O–H groups in total. The summed E-state index contributed by atoms with van der Waals surface area (Å²) >= 11 is 0. The number of carbonyl (C=O) groups is 1. The number of rotatable bonds is 4. The standard InChI is InChI=1S/C9H15NO/c1-2-7-10(8-11)9-5-3-4-6-9/h2,8-9H,1,3-7H2. The van der Waals surface area contributed by atoms with E-state index in [9.17, 15) is 4.79 Å². The molecule has 0 spiro atoms. The quantitative estimate of drug-likeness (QED) is 0.443. The summed E-state index contributed by atoms with van der Waals surface area (Å²) < 4.78 is 0. The Morgan fingerprint density at radius 3 is 2.55 bits per heavy atom. The first-order valence-electron chi connectivity index (χ1n) is 4.20. The van der Waals surface area contributed by atoms with Gasteiger partial charge in [-0.15, -0.1) is 6.58 Å². The largest absolute Gasteiger partial charge is 0.339 e. The molecule has 11 heavy (non-hydrogen) atoms. The van der Waals surface area contributed by atoms with Gasteiger partial charge in [0, 0.05) is 12.6 Å². The first kappa shape index (κ1) is 8.31. The minimum atomic E-state index is 0.491. The van der Waals surface area contributed by atoms with Crippen LogP contribution >= 0.6 is 0 Å². The summed E-state index contributed by atoms with van der Waals surface area (Å²) in [4.78, 5) is 12.4. The fourth-order valence-corrected chi connectivity index (χ4v) is 1.66. The minimum Gasteiger partial charge on any atom is -0.339 e. The molecule has 0 aliphatic heterocycles. The Labute approximate surface area is 67.9 Å². The maximum Gasteiger partial charge on any atom is 0.210 e. The van der Waals surface area contributed by atoms with Crippen LogP contribution in [-0.4, -0.2) is 23.9 Å². The van der Waals surface area contributed by atoms with E-state index in [-0.39, 0.29) is 0 Å². The summed E-state index contributed by atoms with van der Waals surface area (Å²) in [7, 11) is 0. The Hall–Kier alpha value is -0.790. The molecule has 0 radical (unpaired) electrons. The van der Waals surface area contributed by atoms with E-state index in [0.717, 1.165) is 6.41 Å². The second-order valence-corrected chi connectivity index (χ2v) is 3.03. The molecule has 1 aliphatic carbocycles. The molecule has 62 valence electrons. The van der Waals surface area contributed by atoms with Gasteiger partial charge in [-0.3, -0.25) is 4.79 Å². The van der Waals surface area contributed by atoms with E-state index in [2.05, 4.69) is 6.58 Å². The topological polar surface area (TPSA) is 20.3 Å². The van der Waals surface area contributed by atoms with Crippen LogP contribution in [0.25, 0.3) is 0 Å². The van der Waals surface area contributed by atoms with Gasteiger partial charge < -0.3 is 4.90 Å². The molecule has 0 aromatic carbocycles.